The van der Waals surface area contributed by atoms with Crippen LogP contribution in [0.5, 0.6) is 17.2 Å². The van der Waals surface area contributed by atoms with Crippen molar-refractivity contribution in [1.29, 1.82) is 0 Å². The van der Waals surface area contributed by atoms with E-state index in [1.807, 2.05) is 0 Å². The Hall–Kier alpha value is -1.47. The van der Waals surface area contributed by atoms with Crippen LogP contribution in [0.15, 0.2) is 10.5 Å². The number of carbonyl (C=O) groups is 1. The fourth-order valence-electron chi connectivity index (χ4n) is 1.88. The minimum Gasteiger partial charge on any atom is -0.495 e. The number of nitrogens with two attached hydrogens (primary N) is 1. The summed E-state index contributed by atoms with van der Waals surface area (Å²) in [5.74, 6) is 0.580. The van der Waals surface area contributed by atoms with Crippen molar-refractivity contribution in [2.45, 2.75) is 12.5 Å². The Labute approximate surface area is 118 Å². The summed E-state index contributed by atoms with van der Waals surface area (Å²) in [6, 6.07) is 0.712. The van der Waals surface area contributed by atoms with Gasteiger partial charge in [-0.1, -0.05) is 0 Å². The van der Waals surface area contributed by atoms with Crippen LogP contribution >= 0.6 is 15.9 Å². The number of ether oxygens (including phenoxy) is 3. The number of hydrogen-bond acceptors (Lipinski definition) is 5. The molecule has 0 spiro atoms. The molecule has 1 aliphatic heterocycles. The highest BCUT2D eigenvalue weighted by molar-refractivity contribution is 9.10. The standard InChI is InChI=1S/C12H14BrNO5/c1-17-10-6(4-7(14)12(15)16)5-8-11(9(10)13)19-3-2-18-8/h5,7H,2-4,14H2,1H3,(H,15,16). The number of methoxy groups -OCH3 is 1. The van der Waals surface area contributed by atoms with Crippen molar-refractivity contribution in [1.82, 2.24) is 0 Å². The quantitative estimate of drug-likeness (QED) is 0.861. The summed E-state index contributed by atoms with van der Waals surface area (Å²) in [4.78, 5) is 10.8. The number of benzene rings is 1. The fourth-order valence-corrected chi connectivity index (χ4v) is 2.60. The van der Waals surface area contributed by atoms with Crippen LogP contribution in [0.3, 0.4) is 0 Å². The minimum absolute atomic E-state index is 0.147. The lowest BCUT2D eigenvalue weighted by atomic mass is 10.0. The van der Waals surface area contributed by atoms with E-state index in [-0.39, 0.29) is 6.42 Å². The maximum atomic E-state index is 10.8. The number of carboxylic acid groups (broad SMARTS) is 1. The van der Waals surface area contributed by atoms with E-state index in [9.17, 15) is 4.79 Å². The lowest BCUT2D eigenvalue weighted by molar-refractivity contribution is -0.138. The summed E-state index contributed by atoms with van der Waals surface area (Å²) in [6.45, 7) is 0.916. The number of hydrogen-bond donors (Lipinski definition) is 2. The number of halogens is 1. The summed E-state index contributed by atoms with van der Waals surface area (Å²) in [6.07, 6.45) is 0.147. The zero-order valence-electron chi connectivity index (χ0n) is 10.3. The van der Waals surface area contributed by atoms with Crippen LogP contribution in [-0.4, -0.2) is 37.4 Å². The summed E-state index contributed by atoms with van der Waals surface area (Å²) in [7, 11) is 1.51. The van der Waals surface area contributed by atoms with E-state index in [0.717, 1.165) is 0 Å². The maximum Gasteiger partial charge on any atom is 0.320 e. The van der Waals surface area contributed by atoms with Crippen molar-refractivity contribution in [2.24, 2.45) is 5.73 Å². The van der Waals surface area contributed by atoms with Gasteiger partial charge < -0.3 is 25.1 Å². The molecule has 0 amide bonds. The van der Waals surface area contributed by atoms with Gasteiger partial charge in [0.1, 0.15) is 29.5 Å². The van der Waals surface area contributed by atoms with Crippen molar-refractivity contribution in [3.63, 3.8) is 0 Å². The van der Waals surface area contributed by atoms with Gasteiger partial charge >= 0.3 is 5.97 Å². The molecule has 0 bridgehead atoms. The number of fused-ring (bicyclic) bond motifs is 1. The van der Waals surface area contributed by atoms with Crippen molar-refractivity contribution < 1.29 is 24.1 Å². The molecular weight excluding hydrogens is 318 g/mol. The maximum absolute atomic E-state index is 10.8. The molecule has 104 valence electrons. The van der Waals surface area contributed by atoms with Gasteiger partial charge in [0.2, 0.25) is 0 Å². The van der Waals surface area contributed by atoms with Crippen LogP contribution in [0.25, 0.3) is 0 Å². The van der Waals surface area contributed by atoms with Gasteiger partial charge in [-0.15, -0.1) is 0 Å². The van der Waals surface area contributed by atoms with Gasteiger partial charge in [0, 0.05) is 12.0 Å². The topological polar surface area (TPSA) is 91.0 Å². The molecule has 1 aromatic carbocycles. The molecule has 0 saturated carbocycles. The predicted octanol–water partition coefficient (Wildman–Crippen LogP) is 1.18. The Morgan fingerprint density at radius 1 is 1.58 bits per heavy atom. The van der Waals surface area contributed by atoms with Gasteiger partial charge in [-0.2, -0.15) is 0 Å². The van der Waals surface area contributed by atoms with Crippen LogP contribution in [0.2, 0.25) is 0 Å². The van der Waals surface area contributed by atoms with E-state index in [1.165, 1.54) is 7.11 Å². The third-order valence-corrected chi connectivity index (χ3v) is 3.49. The van der Waals surface area contributed by atoms with E-state index in [4.69, 9.17) is 25.1 Å². The smallest absolute Gasteiger partial charge is 0.320 e. The molecule has 19 heavy (non-hydrogen) atoms. The van der Waals surface area contributed by atoms with Crippen molar-refractivity contribution >= 4 is 21.9 Å². The van der Waals surface area contributed by atoms with Gasteiger partial charge in [0.25, 0.3) is 0 Å². The highest BCUT2D eigenvalue weighted by atomic mass is 79.9. The SMILES string of the molecule is COc1c(CC(N)C(=O)O)cc2c(c1Br)OCCO2. The van der Waals surface area contributed by atoms with Crippen molar-refractivity contribution in [2.75, 3.05) is 20.3 Å². The molecular formula is C12H14BrNO5. The molecule has 0 radical (unpaired) electrons. The molecule has 1 atom stereocenters. The molecule has 1 aliphatic rings. The van der Waals surface area contributed by atoms with Gasteiger partial charge in [0.05, 0.1) is 7.11 Å². The van der Waals surface area contributed by atoms with Crippen LogP contribution in [-0.2, 0) is 11.2 Å². The van der Waals surface area contributed by atoms with E-state index in [2.05, 4.69) is 15.9 Å². The second-order valence-corrected chi connectivity index (χ2v) is 4.85. The molecule has 1 unspecified atom stereocenters. The van der Waals surface area contributed by atoms with Gasteiger partial charge in [-0.25, -0.2) is 0 Å². The largest absolute Gasteiger partial charge is 0.495 e. The van der Waals surface area contributed by atoms with E-state index in [0.29, 0.717) is 40.5 Å². The molecule has 7 heteroatoms. The number of aliphatic carboxylic acids is 1. The first-order valence-electron chi connectivity index (χ1n) is 5.68. The highest BCUT2D eigenvalue weighted by Crippen LogP contribution is 2.45. The summed E-state index contributed by atoms with van der Waals surface area (Å²) >= 11 is 3.39. The Balaban J connectivity index is 2.42. The minimum atomic E-state index is -1.06. The average molecular weight is 332 g/mol. The van der Waals surface area contributed by atoms with Crippen LogP contribution < -0.4 is 19.9 Å². The Bertz CT molecular complexity index is 505. The summed E-state index contributed by atoms with van der Waals surface area (Å²) in [5.41, 5.74) is 6.22. The third-order valence-electron chi connectivity index (χ3n) is 2.77. The van der Waals surface area contributed by atoms with Crippen LogP contribution in [0.4, 0.5) is 0 Å². The lowest BCUT2D eigenvalue weighted by Gasteiger charge is -2.23. The molecule has 6 nitrogen and oxygen atoms in total. The first-order chi connectivity index (χ1) is 9.04. The average Bonchev–Trinajstić information content (AvgIpc) is 2.39. The van der Waals surface area contributed by atoms with E-state index >= 15 is 0 Å². The second-order valence-electron chi connectivity index (χ2n) is 4.06. The Morgan fingerprint density at radius 2 is 2.26 bits per heavy atom. The third kappa shape index (κ3) is 2.76. The van der Waals surface area contributed by atoms with E-state index in [1.54, 1.807) is 6.07 Å². The Kier molecular flexibility index (Phi) is 4.16. The zero-order chi connectivity index (χ0) is 14.0. The Morgan fingerprint density at radius 3 is 2.89 bits per heavy atom. The molecule has 2 rings (SSSR count). The summed E-state index contributed by atoms with van der Waals surface area (Å²) < 4.78 is 16.9. The molecule has 0 saturated heterocycles. The van der Waals surface area contributed by atoms with Crippen LogP contribution in [0.1, 0.15) is 5.56 Å². The molecule has 0 fully saturated rings. The molecule has 0 aromatic heterocycles. The van der Waals surface area contributed by atoms with Crippen molar-refractivity contribution in [3.8, 4) is 17.2 Å². The first kappa shape index (κ1) is 14.0. The molecule has 1 aromatic rings. The first-order valence-corrected chi connectivity index (χ1v) is 6.47. The predicted molar refractivity (Wildman–Crippen MR) is 71.0 cm³/mol. The molecule has 0 aliphatic carbocycles. The molecule has 1 heterocycles. The fraction of sp³-hybridized carbons (Fsp3) is 0.417. The zero-order valence-corrected chi connectivity index (χ0v) is 11.9. The number of rotatable bonds is 4. The molecule has 3 N–H and O–H groups in total. The normalized spacial score (nSPS) is 14.9. The van der Waals surface area contributed by atoms with E-state index < -0.39 is 12.0 Å². The van der Waals surface area contributed by atoms with Crippen LogP contribution in [0, 0.1) is 0 Å². The second kappa shape index (κ2) is 5.66. The van der Waals surface area contributed by atoms with Gasteiger partial charge in [-0.3, -0.25) is 4.79 Å². The van der Waals surface area contributed by atoms with Gasteiger partial charge in [0.15, 0.2) is 11.5 Å². The lowest BCUT2D eigenvalue weighted by Crippen LogP contribution is -2.32. The van der Waals surface area contributed by atoms with Gasteiger partial charge in [-0.05, 0) is 22.0 Å². The summed E-state index contributed by atoms with van der Waals surface area (Å²) in [5, 5.41) is 8.88. The monoisotopic (exact) mass is 331 g/mol. The number of carboxylic acids is 1. The van der Waals surface area contributed by atoms with Crippen molar-refractivity contribution in [3.05, 3.63) is 16.1 Å². The highest BCUT2D eigenvalue weighted by Gasteiger charge is 2.24.